The Bertz CT molecular complexity index is 258. The van der Waals surface area contributed by atoms with Crippen molar-refractivity contribution in [1.29, 1.82) is 0 Å². The molecule has 79 valence electrons. The van der Waals surface area contributed by atoms with Crippen molar-refractivity contribution in [3.8, 4) is 0 Å². The summed E-state index contributed by atoms with van der Waals surface area (Å²) in [4.78, 5) is 9.60. The van der Waals surface area contributed by atoms with Gasteiger partial charge in [-0.05, 0) is 13.3 Å². The second-order valence-electron chi connectivity index (χ2n) is 2.37. The molecule has 0 saturated carbocycles. The monoisotopic (exact) mass is 249 g/mol. The third-order valence-electron chi connectivity index (χ3n) is 0.827. The number of carboxylic acid groups (broad SMARTS) is 1. The van der Waals surface area contributed by atoms with Gasteiger partial charge in [0.1, 0.15) is 0 Å². The molecular weight excluding hydrogens is 235 g/mol. The van der Waals surface area contributed by atoms with Crippen molar-refractivity contribution in [3.63, 3.8) is 0 Å². The zero-order valence-corrected chi connectivity index (χ0v) is 12.6. The summed E-state index contributed by atoms with van der Waals surface area (Å²) in [6.45, 7) is 6.29. The SMILES string of the molecule is C=C(C)C(=O)O.CCCS(=O)(=O)O.[K]. The average Bonchev–Trinajstić information content (AvgIpc) is 1.85. The number of hydrogen-bond donors (Lipinski definition) is 2. The van der Waals surface area contributed by atoms with Crippen molar-refractivity contribution in [1.82, 2.24) is 0 Å². The number of carbonyl (C=O) groups is 1. The Hall–Kier alpha value is 0.756. The minimum Gasteiger partial charge on any atom is -0.478 e. The molecule has 0 unspecified atom stereocenters. The summed E-state index contributed by atoms with van der Waals surface area (Å²) >= 11 is 0. The van der Waals surface area contributed by atoms with Crippen LogP contribution in [-0.2, 0) is 14.9 Å². The Labute approximate surface area is 127 Å². The minimum atomic E-state index is -3.67. The fourth-order valence-electron chi connectivity index (χ4n) is 0.258. The average molecular weight is 249 g/mol. The standard InChI is InChI=1S/C4H6O2.C3H8O3S.K/c1-3(2)4(5)6;1-2-3-7(4,5)6;/h1H2,2H3,(H,5,6);2-3H2,1H3,(H,4,5,6);. The molecule has 7 heteroatoms. The summed E-state index contributed by atoms with van der Waals surface area (Å²) < 4.78 is 27.6. The molecule has 2 N–H and O–H groups in total. The van der Waals surface area contributed by atoms with Crippen LogP contribution in [0.2, 0.25) is 0 Å². The second-order valence-corrected chi connectivity index (χ2v) is 3.94. The molecule has 0 aromatic carbocycles. The smallest absolute Gasteiger partial charge is 0.330 e. The maximum absolute atomic E-state index is 9.79. The van der Waals surface area contributed by atoms with Crippen molar-refractivity contribution < 1.29 is 22.9 Å². The zero-order chi connectivity index (χ0) is 11.1. The van der Waals surface area contributed by atoms with E-state index in [-0.39, 0.29) is 62.7 Å². The summed E-state index contributed by atoms with van der Waals surface area (Å²) in [5.74, 6) is -1.07. The molecule has 0 aromatic rings. The fraction of sp³-hybridized carbons (Fsp3) is 0.571. The van der Waals surface area contributed by atoms with Crippen molar-refractivity contribution in [2.24, 2.45) is 0 Å². The molecule has 0 rings (SSSR count). The number of carboxylic acids is 1. The van der Waals surface area contributed by atoms with Gasteiger partial charge < -0.3 is 5.11 Å². The molecule has 14 heavy (non-hydrogen) atoms. The summed E-state index contributed by atoms with van der Waals surface area (Å²) in [6.07, 6.45) is 0.471. The van der Waals surface area contributed by atoms with Crippen LogP contribution in [0.5, 0.6) is 0 Å². The first-order valence-corrected chi connectivity index (χ1v) is 5.15. The molecule has 0 fully saturated rings. The maximum atomic E-state index is 9.79. The summed E-state index contributed by atoms with van der Waals surface area (Å²) in [6, 6.07) is 0. The van der Waals surface area contributed by atoms with Gasteiger partial charge in [0, 0.05) is 57.0 Å². The normalized spacial score (nSPS) is 9.07. The van der Waals surface area contributed by atoms with Gasteiger partial charge in [-0.25, -0.2) is 4.79 Å². The molecule has 0 aliphatic carbocycles. The van der Waals surface area contributed by atoms with E-state index >= 15 is 0 Å². The van der Waals surface area contributed by atoms with Crippen LogP contribution in [0, 0.1) is 0 Å². The predicted molar refractivity (Wildman–Crippen MR) is 54.9 cm³/mol. The van der Waals surface area contributed by atoms with Crippen molar-refractivity contribution in [3.05, 3.63) is 12.2 Å². The number of aliphatic carboxylic acids is 1. The molecule has 1 radical (unpaired) electrons. The van der Waals surface area contributed by atoms with Gasteiger partial charge in [0.15, 0.2) is 0 Å². The van der Waals surface area contributed by atoms with Gasteiger partial charge in [0.25, 0.3) is 10.1 Å². The van der Waals surface area contributed by atoms with E-state index in [0.717, 1.165) is 0 Å². The van der Waals surface area contributed by atoms with Gasteiger partial charge in [-0.2, -0.15) is 8.42 Å². The van der Waals surface area contributed by atoms with Gasteiger partial charge in [0.05, 0.1) is 5.75 Å². The van der Waals surface area contributed by atoms with Gasteiger partial charge >= 0.3 is 5.97 Å². The van der Waals surface area contributed by atoms with Gasteiger partial charge in [-0.15, -0.1) is 0 Å². The Kier molecular flexibility index (Phi) is 14.8. The van der Waals surface area contributed by atoms with Crippen LogP contribution in [0.4, 0.5) is 0 Å². The van der Waals surface area contributed by atoms with E-state index in [1.165, 1.54) is 6.92 Å². The van der Waals surface area contributed by atoms with E-state index in [9.17, 15) is 13.2 Å². The Morgan fingerprint density at radius 3 is 1.71 bits per heavy atom. The number of rotatable bonds is 3. The molecule has 0 aliphatic heterocycles. The molecule has 0 heterocycles. The molecule has 0 saturated heterocycles. The second kappa shape index (κ2) is 10.3. The van der Waals surface area contributed by atoms with Crippen LogP contribution in [-0.4, -0.2) is 81.2 Å². The Balaban J connectivity index is -0.000000163. The Morgan fingerprint density at radius 1 is 1.43 bits per heavy atom. The van der Waals surface area contributed by atoms with Gasteiger partial charge in [-0.3, -0.25) is 4.55 Å². The van der Waals surface area contributed by atoms with E-state index in [0.29, 0.717) is 6.42 Å². The van der Waals surface area contributed by atoms with Crippen molar-refractivity contribution in [2.45, 2.75) is 20.3 Å². The van der Waals surface area contributed by atoms with Crippen LogP contribution in [0.3, 0.4) is 0 Å². The van der Waals surface area contributed by atoms with Gasteiger partial charge in [0.2, 0.25) is 0 Å². The fourth-order valence-corrected chi connectivity index (χ4v) is 0.774. The summed E-state index contributed by atoms with van der Waals surface area (Å²) in [7, 11) is -3.67. The topological polar surface area (TPSA) is 91.7 Å². The molecule has 0 aromatic heterocycles. The van der Waals surface area contributed by atoms with Crippen LogP contribution in [0.15, 0.2) is 12.2 Å². The van der Waals surface area contributed by atoms with E-state index in [1.54, 1.807) is 6.92 Å². The van der Waals surface area contributed by atoms with E-state index in [1.807, 2.05) is 0 Å². The van der Waals surface area contributed by atoms with Crippen LogP contribution in [0.25, 0.3) is 0 Å². The summed E-state index contributed by atoms with van der Waals surface area (Å²) in [5, 5.41) is 7.89. The van der Waals surface area contributed by atoms with Crippen molar-refractivity contribution >= 4 is 67.5 Å². The molecule has 0 bridgehead atoms. The molecule has 0 aliphatic rings. The molecular formula is C7H14KO5S. The predicted octanol–water partition coefficient (Wildman–Crippen LogP) is 0.551. The van der Waals surface area contributed by atoms with Crippen LogP contribution >= 0.6 is 0 Å². The number of hydrogen-bond acceptors (Lipinski definition) is 3. The minimum absolute atomic E-state index is 0. The quantitative estimate of drug-likeness (QED) is 0.433. The van der Waals surface area contributed by atoms with Gasteiger partial charge in [-0.1, -0.05) is 13.5 Å². The summed E-state index contributed by atoms with van der Waals surface area (Å²) in [5.41, 5.74) is 0.176. The largest absolute Gasteiger partial charge is 0.478 e. The first-order chi connectivity index (χ1) is 5.70. The molecule has 0 amide bonds. The maximum Gasteiger partial charge on any atom is 0.330 e. The third-order valence-corrected chi connectivity index (χ3v) is 1.75. The van der Waals surface area contributed by atoms with E-state index < -0.39 is 16.1 Å². The third kappa shape index (κ3) is 23.0. The zero-order valence-electron chi connectivity index (χ0n) is 8.65. The van der Waals surface area contributed by atoms with Crippen LogP contribution < -0.4 is 0 Å². The van der Waals surface area contributed by atoms with Crippen LogP contribution in [0.1, 0.15) is 20.3 Å². The molecule has 0 atom stereocenters. The molecule has 5 nitrogen and oxygen atoms in total. The first kappa shape index (κ1) is 20.2. The van der Waals surface area contributed by atoms with E-state index in [2.05, 4.69) is 6.58 Å². The molecule has 0 spiro atoms. The van der Waals surface area contributed by atoms with E-state index in [4.69, 9.17) is 9.66 Å². The van der Waals surface area contributed by atoms with Crippen molar-refractivity contribution in [2.75, 3.05) is 5.75 Å². The first-order valence-electron chi connectivity index (χ1n) is 3.54. The Morgan fingerprint density at radius 2 is 1.71 bits per heavy atom.